The minimum Gasteiger partial charge on any atom is -0.497 e. The van der Waals surface area contributed by atoms with Crippen molar-refractivity contribution in [1.82, 2.24) is 10.2 Å². The van der Waals surface area contributed by atoms with Crippen molar-refractivity contribution in [2.45, 2.75) is 70.5 Å². The SMILES string of the molecule is COc1ccc(N(CCCC(=O)N(Cc2cccc(OC)c2)[C@H](C)C(=O)NC2CCCCC2)S(C)(=O)=O)cc1. The number of carbonyl (C=O) groups excluding carboxylic acids is 2. The standard InChI is InChI=1S/C29H41N3O6S/c1-22(29(34)30-24-11-6-5-7-12-24)31(21-23-10-8-13-27(20-23)38-3)28(33)14-9-19-32(39(4,35)36)25-15-17-26(37-2)18-16-25/h8,10,13,15-18,20,22,24H,5-7,9,11-12,14,19,21H2,1-4H3,(H,30,34)/t22-/m1/s1. The van der Waals surface area contributed by atoms with Crippen LogP contribution in [-0.4, -0.2) is 64.2 Å². The molecule has 3 rings (SSSR count). The maximum atomic E-state index is 13.5. The van der Waals surface area contributed by atoms with Crippen LogP contribution in [0.25, 0.3) is 0 Å². The van der Waals surface area contributed by atoms with Crippen molar-refractivity contribution in [2.24, 2.45) is 0 Å². The Morgan fingerprint density at radius 2 is 1.67 bits per heavy atom. The maximum absolute atomic E-state index is 13.5. The minimum absolute atomic E-state index is 0.0905. The van der Waals surface area contributed by atoms with E-state index in [0.29, 0.717) is 23.6 Å². The second-order valence-corrected chi connectivity index (χ2v) is 11.9. The Kier molecular flexibility index (Phi) is 11.0. The highest BCUT2D eigenvalue weighted by Crippen LogP contribution is 2.23. The molecule has 39 heavy (non-hydrogen) atoms. The Morgan fingerprint density at radius 1 is 1.00 bits per heavy atom. The normalized spacial score (nSPS) is 14.8. The van der Waals surface area contributed by atoms with Crippen LogP contribution in [0.4, 0.5) is 5.69 Å². The third-order valence-electron chi connectivity index (χ3n) is 7.12. The van der Waals surface area contributed by atoms with Gasteiger partial charge in [0.2, 0.25) is 21.8 Å². The molecule has 0 aromatic heterocycles. The van der Waals surface area contributed by atoms with Gasteiger partial charge in [-0.2, -0.15) is 0 Å². The highest BCUT2D eigenvalue weighted by atomic mass is 32.2. The van der Waals surface area contributed by atoms with Crippen molar-refractivity contribution in [3.63, 3.8) is 0 Å². The molecule has 2 aromatic carbocycles. The molecule has 0 aliphatic heterocycles. The van der Waals surface area contributed by atoms with Gasteiger partial charge in [-0.15, -0.1) is 0 Å². The van der Waals surface area contributed by atoms with Crippen molar-refractivity contribution in [3.8, 4) is 11.5 Å². The molecule has 0 bridgehead atoms. The predicted octanol–water partition coefficient (Wildman–Crippen LogP) is 4.12. The number of hydrogen-bond acceptors (Lipinski definition) is 6. The lowest BCUT2D eigenvalue weighted by Crippen LogP contribution is -2.50. The molecule has 1 fully saturated rings. The van der Waals surface area contributed by atoms with E-state index in [1.165, 1.54) is 10.7 Å². The number of hydrogen-bond donors (Lipinski definition) is 1. The van der Waals surface area contributed by atoms with Gasteiger partial charge >= 0.3 is 0 Å². The summed E-state index contributed by atoms with van der Waals surface area (Å²) in [6.45, 7) is 2.12. The molecule has 0 spiro atoms. The van der Waals surface area contributed by atoms with E-state index < -0.39 is 16.1 Å². The van der Waals surface area contributed by atoms with Crippen LogP contribution in [0.2, 0.25) is 0 Å². The Balaban J connectivity index is 1.72. The number of ether oxygens (including phenoxy) is 2. The van der Waals surface area contributed by atoms with Crippen LogP contribution in [-0.2, 0) is 26.2 Å². The van der Waals surface area contributed by atoms with Gasteiger partial charge in [0.05, 0.1) is 26.2 Å². The molecule has 2 amide bonds. The first kappa shape index (κ1) is 30.3. The predicted molar refractivity (Wildman–Crippen MR) is 152 cm³/mol. The first-order valence-electron chi connectivity index (χ1n) is 13.5. The topological polar surface area (TPSA) is 105 Å². The van der Waals surface area contributed by atoms with Crippen molar-refractivity contribution < 1.29 is 27.5 Å². The fourth-order valence-electron chi connectivity index (χ4n) is 4.87. The van der Waals surface area contributed by atoms with Crippen LogP contribution in [0.5, 0.6) is 11.5 Å². The summed E-state index contributed by atoms with van der Waals surface area (Å²) in [4.78, 5) is 28.3. The number of carbonyl (C=O) groups is 2. The van der Waals surface area contributed by atoms with Gasteiger partial charge in [0.1, 0.15) is 17.5 Å². The Labute approximate surface area is 232 Å². The van der Waals surface area contributed by atoms with Crippen molar-refractivity contribution in [1.29, 1.82) is 0 Å². The van der Waals surface area contributed by atoms with E-state index in [-0.39, 0.29) is 37.4 Å². The molecule has 0 unspecified atom stereocenters. The van der Waals surface area contributed by atoms with E-state index in [4.69, 9.17) is 9.47 Å². The van der Waals surface area contributed by atoms with Gasteiger partial charge in [-0.05, 0) is 68.1 Å². The highest BCUT2D eigenvalue weighted by Gasteiger charge is 2.28. The van der Waals surface area contributed by atoms with Gasteiger partial charge in [-0.1, -0.05) is 31.4 Å². The fourth-order valence-corrected chi connectivity index (χ4v) is 5.84. The molecule has 0 radical (unpaired) electrons. The zero-order valence-corrected chi connectivity index (χ0v) is 24.2. The fraction of sp³-hybridized carbons (Fsp3) is 0.517. The van der Waals surface area contributed by atoms with E-state index in [0.717, 1.165) is 37.5 Å². The number of sulfonamides is 1. The average Bonchev–Trinajstić information content (AvgIpc) is 2.93. The molecule has 1 N–H and O–H groups in total. The molecule has 9 nitrogen and oxygen atoms in total. The number of anilines is 1. The molecule has 2 aromatic rings. The summed E-state index contributed by atoms with van der Waals surface area (Å²) in [5, 5.41) is 3.13. The molecular weight excluding hydrogens is 518 g/mol. The van der Waals surface area contributed by atoms with Crippen molar-refractivity contribution in [2.75, 3.05) is 31.3 Å². The molecule has 10 heteroatoms. The number of amides is 2. The summed E-state index contributed by atoms with van der Waals surface area (Å²) in [5.74, 6) is 0.903. The molecule has 0 saturated heterocycles. The number of benzene rings is 2. The second kappa shape index (κ2) is 14.2. The second-order valence-electron chi connectivity index (χ2n) is 10.0. The molecule has 1 saturated carbocycles. The third kappa shape index (κ3) is 8.88. The third-order valence-corrected chi connectivity index (χ3v) is 8.31. The van der Waals surface area contributed by atoms with Gasteiger partial charge in [0, 0.05) is 25.6 Å². The van der Waals surface area contributed by atoms with Gasteiger partial charge < -0.3 is 19.7 Å². The first-order valence-corrected chi connectivity index (χ1v) is 15.3. The lowest BCUT2D eigenvalue weighted by molar-refractivity contribution is -0.141. The Bertz CT molecular complexity index is 1200. The average molecular weight is 560 g/mol. The van der Waals surface area contributed by atoms with E-state index in [1.807, 2.05) is 24.3 Å². The molecule has 0 heterocycles. The van der Waals surface area contributed by atoms with Crippen LogP contribution < -0.4 is 19.1 Å². The molecule has 214 valence electrons. The van der Waals surface area contributed by atoms with Crippen LogP contribution in [0.1, 0.15) is 57.4 Å². The van der Waals surface area contributed by atoms with E-state index in [2.05, 4.69) is 5.32 Å². The zero-order valence-electron chi connectivity index (χ0n) is 23.4. The summed E-state index contributed by atoms with van der Waals surface area (Å²) in [7, 11) is -0.442. The minimum atomic E-state index is -3.57. The molecule has 1 atom stereocenters. The maximum Gasteiger partial charge on any atom is 0.242 e. The largest absolute Gasteiger partial charge is 0.497 e. The van der Waals surface area contributed by atoms with E-state index in [1.54, 1.807) is 50.3 Å². The molecule has 1 aliphatic rings. The van der Waals surface area contributed by atoms with Crippen LogP contribution in [0.3, 0.4) is 0 Å². The Hall–Kier alpha value is -3.27. The number of methoxy groups -OCH3 is 2. The van der Waals surface area contributed by atoms with Crippen LogP contribution >= 0.6 is 0 Å². The Morgan fingerprint density at radius 3 is 2.28 bits per heavy atom. The summed E-state index contributed by atoms with van der Waals surface area (Å²) in [5.41, 5.74) is 1.34. The highest BCUT2D eigenvalue weighted by molar-refractivity contribution is 7.92. The molecular formula is C29H41N3O6S. The van der Waals surface area contributed by atoms with E-state index in [9.17, 15) is 18.0 Å². The number of rotatable bonds is 13. The quantitative estimate of drug-likeness (QED) is 0.396. The number of nitrogens with zero attached hydrogens (tertiary/aromatic N) is 2. The summed E-state index contributed by atoms with van der Waals surface area (Å²) < 4.78 is 36.8. The van der Waals surface area contributed by atoms with Crippen LogP contribution in [0, 0.1) is 0 Å². The zero-order chi connectivity index (χ0) is 28.4. The summed E-state index contributed by atoms with van der Waals surface area (Å²) in [6, 6.07) is 13.6. The number of nitrogens with one attached hydrogen (secondary N) is 1. The lowest BCUT2D eigenvalue weighted by Gasteiger charge is -2.31. The van der Waals surface area contributed by atoms with Gasteiger partial charge in [-0.3, -0.25) is 13.9 Å². The van der Waals surface area contributed by atoms with Gasteiger partial charge in [0.15, 0.2) is 0 Å². The first-order chi connectivity index (χ1) is 18.6. The summed E-state index contributed by atoms with van der Waals surface area (Å²) in [6.07, 6.45) is 6.81. The van der Waals surface area contributed by atoms with Crippen LogP contribution in [0.15, 0.2) is 48.5 Å². The smallest absolute Gasteiger partial charge is 0.242 e. The monoisotopic (exact) mass is 559 g/mol. The summed E-state index contributed by atoms with van der Waals surface area (Å²) >= 11 is 0. The van der Waals surface area contributed by atoms with Crippen molar-refractivity contribution in [3.05, 3.63) is 54.1 Å². The van der Waals surface area contributed by atoms with E-state index >= 15 is 0 Å². The van der Waals surface area contributed by atoms with Gasteiger partial charge in [-0.25, -0.2) is 8.42 Å². The van der Waals surface area contributed by atoms with Crippen molar-refractivity contribution >= 4 is 27.5 Å². The lowest BCUT2D eigenvalue weighted by atomic mass is 9.95. The van der Waals surface area contributed by atoms with Gasteiger partial charge in [0.25, 0.3) is 0 Å². The molecule has 1 aliphatic carbocycles.